The first-order chi connectivity index (χ1) is 11.1. The van der Waals surface area contributed by atoms with Crippen LogP contribution >= 0.6 is 11.6 Å². The van der Waals surface area contributed by atoms with Crippen LogP contribution < -0.4 is 5.32 Å². The van der Waals surface area contributed by atoms with Gasteiger partial charge in [-0.05, 0) is 29.8 Å². The first-order valence-corrected chi connectivity index (χ1v) is 7.25. The maximum absolute atomic E-state index is 12.8. The minimum absolute atomic E-state index is 0.0992. The number of amides is 1. The van der Waals surface area contributed by atoms with Gasteiger partial charge in [-0.1, -0.05) is 41.0 Å². The Bertz CT molecular complexity index is 831. The molecule has 2 aromatic carbocycles. The maximum atomic E-state index is 12.8. The van der Waals surface area contributed by atoms with E-state index < -0.39 is 5.91 Å². The third-order valence-electron chi connectivity index (χ3n) is 3.22. The lowest BCUT2D eigenvalue weighted by atomic mass is 10.1. The summed E-state index contributed by atoms with van der Waals surface area (Å²) in [4.78, 5) is 12.1. The largest absolute Gasteiger partial charge is 0.350 e. The summed E-state index contributed by atoms with van der Waals surface area (Å²) in [6, 6.07) is 14.5. The number of carbonyl (C=O) groups excluding carboxylic acids is 1. The number of halogens is 2. The van der Waals surface area contributed by atoms with Crippen molar-refractivity contribution >= 4 is 17.5 Å². The fraction of sp³-hybridized carbons (Fsp3) is 0.0588. The van der Waals surface area contributed by atoms with Crippen LogP contribution in [0.2, 0.25) is 5.02 Å². The van der Waals surface area contributed by atoms with E-state index in [9.17, 15) is 9.18 Å². The highest BCUT2D eigenvalue weighted by molar-refractivity contribution is 6.30. The molecule has 6 heteroatoms. The molecule has 116 valence electrons. The predicted octanol–water partition coefficient (Wildman–Crippen LogP) is 4.06. The average molecular weight is 331 g/mol. The van der Waals surface area contributed by atoms with Gasteiger partial charge in [0.15, 0.2) is 0 Å². The second-order valence-corrected chi connectivity index (χ2v) is 5.33. The van der Waals surface area contributed by atoms with E-state index in [-0.39, 0.29) is 18.1 Å². The molecule has 0 aliphatic heterocycles. The lowest BCUT2D eigenvalue weighted by Crippen LogP contribution is -2.22. The number of carbonyl (C=O) groups is 1. The highest BCUT2D eigenvalue weighted by Crippen LogP contribution is 2.22. The average Bonchev–Trinajstić information content (AvgIpc) is 3.04. The molecule has 1 N–H and O–H groups in total. The van der Waals surface area contributed by atoms with E-state index in [0.717, 1.165) is 11.1 Å². The molecule has 0 bridgehead atoms. The molecule has 4 nitrogen and oxygen atoms in total. The molecule has 0 fully saturated rings. The van der Waals surface area contributed by atoms with Gasteiger partial charge in [0.1, 0.15) is 11.5 Å². The van der Waals surface area contributed by atoms with E-state index in [1.807, 2.05) is 6.07 Å². The molecule has 0 atom stereocenters. The lowest BCUT2D eigenvalue weighted by Gasteiger charge is -2.02. The Morgan fingerprint density at radius 2 is 1.96 bits per heavy atom. The van der Waals surface area contributed by atoms with Gasteiger partial charge in [-0.25, -0.2) is 4.39 Å². The second kappa shape index (κ2) is 6.62. The number of hydrogen-bond acceptors (Lipinski definition) is 3. The summed E-state index contributed by atoms with van der Waals surface area (Å²) in [6.45, 7) is 0.270. The van der Waals surface area contributed by atoms with Gasteiger partial charge in [-0.15, -0.1) is 0 Å². The van der Waals surface area contributed by atoms with Crippen molar-refractivity contribution in [3.05, 3.63) is 76.8 Å². The molecule has 1 amide bonds. The third-order valence-corrected chi connectivity index (χ3v) is 3.46. The zero-order chi connectivity index (χ0) is 16.2. The highest BCUT2D eigenvalue weighted by Gasteiger charge is 2.14. The van der Waals surface area contributed by atoms with Crippen molar-refractivity contribution in [3.63, 3.8) is 0 Å². The number of hydrogen-bond donors (Lipinski definition) is 1. The standard InChI is InChI=1S/C17H12ClFN2O2/c18-13-3-1-2-12(8-13)15-9-16(23-21-15)17(22)20-10-11-4-6-14(19)7-5-11/h1-9H,10H2,(H,20,22). The number of nitrogens with one attached hydrogen (secondary N) is 1. The van der Waals surface area contributed by atoms with Gasteiger partial charge >= 0.3 is 0 Å². The van der Waals surface area contributed by atoms with Crippen LogP contribution in [0.15, 0.2) is 59.1 Å². The Balaban J connectivity index is 1.67. The first kappa shape index (κ1) is 15.2. The van der Waals surface area contributed by atoms with Gasteiger partial charge in [-0.3, -0.25) is 4.79 Å². The van der Waals surface area contributed by atoms with Crippen molar-refractivity contribution in [2.75, 3.05) is 0 Å². The van der Waals surface area contributed by atoms with Crippen LogP contribution in [0.5, 0.6) is 0 Å². The van der Waals surface area contributed by atoms with Crippen LogP contribution in [0.4, 0.5) is 4.39 Å². The van der Waals surface area contributed by atoms with Crippen molar-refractivity contribution in [2.24, 2.45) is 0 Å². The molecule has 0 saturated heterocycles. The molecular formula is C17H12ClFN2O2. The monoisotopic (exact) mass is 330 g/mol. The molecule has 0 radical (unpaired) electrons. The van der Waals surface area contributed by atoms with E-state index in [2.05, 4.69) is 10.5 Å². The Kier molecular flexibility index (Phi) is 4.39. The molecule has 1 aromatic heterocycles. The molecule has 3 rings (SSSR count). The van der Waals surface area contributed by atoms with E-state index in [4.69, 9.17) is 16.1 Å². The summed E-state index contributed by atoms with van der Waals surface area (Å²) >= 11 is 5.93. The van der Waals surface area contributed by atoms with Crippen molar-refractivity contribution < 1.29 is 13.7 Å². The van der Waals surface area contributed by atoms with E-state index in [1.165, 1.54) is 12.1 Å². The minimum atomic E-state index is -0.393. The van der Waals surface area contributed by atoms with Gasteiger partial charge in [0.25, 0.3) is 5.91 Å². The van der Waals surface area contributed by atoms with Crippen molar-refractivity contribution in [2.45, 2.75) is 6.54 Å². The lowest BCUT2D eigenvalue weighted by molar-refractivity contribution is 0.0914. The molecule has 0 spiro atoms. The summed E-state index contributed by atoms with van der Waals surface area (Å²) in [6.07, 6.45) is 0. The van der Waals surface area contributed by atoms with Crippen LogP contribution in [-0.2, 0) is 6.54 Å². The molecular weight excluding hydrogens is 319 g/mol. The van der Waals surface area contributed by atoms with Gasteiger partial charge in [-0.2, -0.15) is 0 Å². The van der Waals surface area contributed by atoms with Crippen molar-refractivity contribution in [1.29, 1.82) is 0 Å². The summed E-state index contributed by atoms with van der Waals surface area (Å²) < 4.78 is 17.9. The van der Waals surface area contributed by atoms with Crippen LogP contribution in [0, 0.1) is 5.82 Å². The fourth-order valence-electron chi connectivity index (χ4n) is 2.04. The van der Waals surface area contributed by atoms with Crippen LogP contribution in [-0.4, -0.2) is 11.1 Å². The third kappa shape index (κ3) is 3.76. The van der Waals surface area contributed by atoms with Crippen LogP contribution in [0.25, 0.3) is 11.3 Å². The van der Waals surface area contributed by atoms with E-state index in [1.54, 1.807) is 36.4 Å². The maximum Gasteiger partial charge on any atom is 0.290 e. The molecule has 0 aliphatic rings. The smallest absolute Gasteiger partial charge is 0.290 e. The van der Waals surface area contributed by atoms with Crippen molar-refractivity contribution in [3.8, 4) is 11.3 Å². The fourth-order valence-corrected chi connectivity index (χ4v) is 2.23. The second-order valence-electron chi connectivity index (χ2n) is 4.90. The normalized spacial score (nSPS) is 10.5. The Morgan fingerprint density at radius 1 is 1.17 bits per heavy atom. The van der Waals surface area contributed by atoms with Crippen LogP contribution in [0.3, 0.4) is 0 Å². The summed E-state index contributed by atoms with van der Waals surface area (Å²) in [5.74, 6) is -0.612. The quantitative estimate of drug-likeness (QED) is 0.784. The topological polar surface area (TPSA) is 55.1 Å². The zero-order valence-electron chi connectivity index (χ0n) is 11.9. The molecule has 0 aliphatic carbocycles. The van der Waals surface area contributed by atoms with Crippen molar-refractivity contribution in [1.82, 2.24) is 10.5 Å². The highest BCUT2D eigenvalue weighted by atomic mass is 35.5. The molecule has 1 heterocycles. The van der Waals surface area contributed by atoms with E-state index >= 15 is 0 Å². The number of benzene rings is 2. The van der Waals surface area contributed by atoms with Gasteiger partial charge in [0.05, 0.1) is 0 Å². The summed E-state index contributed by atoms with van der Waals surface area (Å²) in [5.41, 5.74) is 2.08. The van der Waals surface area contributed by atoms with Gasteiger partial charge < -0.3 is 9.84 Å². The number of nitrogens with zero attached hydrogens (tertiary/aromatic N) is 1. The summed E-state index contributed by atoms with van der Waals surface area (Å²) in [7, 11) is 0. The number of rotatable bonds is 4. The van der Waals surface area contributed by atoms with E-state index in [0.29, 0.717) is 10.7 Å². The van der Waals surface area contributed by atoms with Crippen LogP contribution in [0.1, 0.15) is 16.1 Å². The van der Waals surface area contributed by atoms with Gasteiger partial charge in [0, 0.05) is 23.2 Å². The minimum Gasteiger partial charge on any atom is -0.350 e. The first-order valence-electron chi connectivity index (χ1n) is 6.87. The zero-order valence-corrected chi connectivity index (χ0v) is 12.7. The Morgan fingerprint density at radius 3 is 2.70 bits per heavy atom. The Labute approximate surface area is 136 Å². The summed E-state index contributed by atoms with van der Waals surface area (Å²) in [5, 5.41) is 7.14. The molecule has 0 saturated carbocycles. The SMILES string of the molecule is O=C(NCc1ccc(F)cc1)c1cc(-c2cccc(Cl)c2)no1. The van der Waals surface area contributed by atoms with Gasteiger partial charge in [0.2, 0.25) is 5.76 Å². The molecule has 0 unspecified atom stereocenters. The Hall–Kier alpha value is -2.66. The molecule has 3 aromatic rings. The predicted molar refractivity (Wildman–Crippen MR) is 84.5 cm³/mol. The molecule has 23 heavy (non-hydrogen) atoms. The number of aromatic nitrogens is 1.